The van der Waals surface area contributed by atoms with Crippen molar-refractivity contribution in [1.29, 1.82) is 0 Å². The predicted octanol–water partition coefficient (Wildman–Crippen LogP) is 0.302. The molecule has 5 N–H and O–H groups in total. The average Bonchev–Trinajstić information content (AvgIpc) is 3.09. The number of β-lactam (4-membered cyclic amide) rings is 1. The maximum absolute atomic E-state index is 12.5. The lowest BCUT2D eigenvalue weighted by Crippen LogP contribution is -2.71. The van der Waals surface area contributed by atoms with E-state index >= 15 is 0 Å². The number of carboxylic acid groups (broad SMARTS) is 1. The van der Waals surface area contributed by atoms with Gasteiger partial charge in [-0.05, 0) is 0 Å². The monoisotopic (exact) mass is 447 g/mol. The van der Waals surface area contributed by atoms with Gasteiger partial charge in [0.05, 0.1) is 6.67 Å². The van der Waals surface area contributed by atoms with E-state index in [-0.39, 0.29) is 28.0 Å². The smallest absolute Gasteiger partial charge is 0.353 e. The number of alkyl halides is 1. The van der Waals surface area contributed by atoms with Crippen LogP contribution in [-0.2, 0) is 14.4 Å². The molecule has 1 aromatic rings. The largest absolute Gasteiger partial charge is 0.477 e. The number of rotatable bonds is 7. The van der Waals surface area contributed by atoms with E-state index in [1.54, 1.807) is 0 Å². The summed E-state index contributed by atoms with van der Waals surface area (Å²) in [6, 6.07) is -0.993. The number of thiazole rings is 1. The number of fused-ring (bicyclic) bond motifs is 1. The third kappa shape index (κ3) is 3.66. The summed E-state index contributed by atoms with van der Waals surface area (Å²) >= 11 is 3.35. The van der Waals surface area contributed by atoms with Gasteiger partial charge in [0.25, 0.3) is 11.8 Å². The molecule has 0 aromatic carbocycles. The number of carbonyl (C=O) groups excluding carboxylic acids is 2. The molecule has 3 rings (SSSR count). The number of aliphatic carboxylic acids is 1. The summed E-state index contributed by atoms with van der Waals surface area (Å²) in [5, 5.41) is 24.9. The van der Waals surface area contributed by atoms with Crippen LogP contribution < -0.4 is 11.1 Å². The Hall–Kier alpha value is -2.32. The molecule has 1 saturated heterocycles. The molecule has 1 fully saturated rings. The summed E-state index contributed by atoms with van der Waals surface area (Å²) < 4.78 is 12.4. The van der Waals surface area contributed by atoms with Gasteiger partial charge in [-0.15, -0.1) is 34.9 Å². The van der Waals surface area contributed by atoms with E-state index in [0.717, 1.165) is 28.0 Å². The number of oxime groups is 1. The normalized spacial score (nSPS) is 22.0. The van der Waals surface area contributed by atoms with Crippen molar-refractivity contribution in [2.75, 3.05) is 23.9 Å². The summed E-state index contributed by atoms with van der Waals surface area (Å²) in [6.45, 7) is -0.619. The molecule has 2 aliphatic rings. The first-order valence-electron chi connectivity index (χ1n) is 7.73. The Balaban J connectivity index is 1.75. The van der Waals surface area contributed by atoms with Gasteiger partial charge in [0.2, 0.25) is 0 Å². The highest BCUT2D eigenvalue weighted by Gasteiger charge is 2.54. The molecule has 0 spiro atoms. The molecule has 28 heavy (non-hydrogen) atoms. The Kier molecular flexibility index (Phi) is 6.10. The zero-order valence-corrected chi connectivity index (χ0v) is 16.4. The van der Waals surface area contributed by atoms with E-state index in [4.69, 9.17) is 10.9 Å². The van der Waals surface area contributed by atoms with Crippen LogP contribution in [0.3, 0.4) is 0 Å². The highest BCUT2D eigenvalue weighted by Crippen LogP contribution is 2.43. The molecule has 0 bridgehead atoms. The molecule has 2 amide bonds. The van der Waals surface area contributed by atoms with Crippen LogP contribution in [0.5, 0.6) is 0 Å². The van der Waals surface area contributed by atoms with Crippen molar-refractivity contribution < 1.29 is 29.1 Å². The summed E-state index contributed by atoms with van der Waals surface area (Å²) in [4.78, 5) is 41.8. The van der Waals surface area contributed by atoms with Gasteiger partial charge in [0.15, 0.2) is 10.8 Å². The van der Waals surface area contributed by atoms with Gasteiger partial charge >= 0.3 is 5.97 Å². The Morgan fingerprint density at radius 2 is 2.29 bits per heavy atom. The first-order valence-corrected chi connectivity index (χ1v) is 10.6. The van der Waals surface area contributed by atoms with Crippen LogP contribution in [0.4, 0.5) is 9.52 Å². The maximum Gasteiger partial charge on any atom is 0.353 e. The number of nitrogens with zero attached hydrogens (tertiary/aromatic N) is 3. The molecule has 1 aromatic heterocycles. The van der Waals surface area contributed by atoms with Crippen molar-refractivity contribution in [1.82, 2.24) is 15.2 Å². The lowest BCUT2D eigenvalue weighted by atomic mass is 10.0. The van der Waals surface area contributed by atoms with Gasteiger partial charge in [-0.2, -0.15) is 0 Å². The van der Waals surface area contributed by atoms with E-state index in [1.807, 2.05) is 0 Å². The van der Waals surface area contributed by atoms with Crippen molar-refractivity contribution in [2.45, 2.75) is 11.4 Å². The fourth-order valence-electron chi connectivity index (χ4n) is 2.68. The third-order valence-corrected chi connectivity index (χ3v) is 7.04. The number of anilines is 1. The van der Waals surface area contributed by atoms with Crippen molar-refractivity contribution in [3.8, 4) is 0 Å². The third-order valence-electron chi connectivity index (χ3n) is 3.86. The average molecular weight is 447 g/mol. The molecule has 0 unspecified atom stereocenters. The number of carbonyl (C=O) groups is 3. The molecular formula is C14H14FN5O5S3. The number of hydrogen-bond donors (Lipinski definition) is 4. The molecule has 2 atom stereocenters. The Labute approximate surface area is 170 Å². The van der Waals surface area contributed by atoms with Crippen molar-refractivity contribution in [3.63, 3.8) is 0 Å². The van der Waals surface area contributed by atoms with Crippen LogP contribution in [0, 0.1) is 0 Å². The second kappa shape index (κ2) is 8.36. The summed E-state index contributed by atoms with van der Waals surface area (Å²) in [6.07, 6.45) is 0. The van der Waals surface area contributed by atoms with Crippen molar-refractivity contribution in [3.05, 3.63) is 21.7 Å². The minimum Gasteiger partial charge on any atom is -0.477 e. The highest BCUT2D eigenvalue weighted by molar-refractivity contribution is 8.06. The predicted molar refractivity (Wildman–Crippen MR) is 103 cm³/mol. The van der Waals surface area contributed by atoms with Crippen LogP contribution in [0.1, 0.15) is 5.69 Å². The quantitative estimate of drug-likeness (QED) is 0.200. The number of hydrogen-bond acceptors (Lipinski definition) is 10. The van der Waals surface area contributed by atoms with Gasteiger partial charge in [-0.1, -0.05) is 5.16 Å². The number of nitrogens with two attached hydrogens (primary N) is 1. The van der Waals surface area contributed by atoms with Crippen LogP contribution in [0.15, 0.2) is 21.1 Å². The molecule has 150 valence electrons. The molecule has 0 aliphatic carbocycles. The molecular weight excluding hydrogens is 433 g/mol. The number of amides is 2. The molecule has 10 nitrogen and oxygen atoms in total. The summed E-state index contributed by atoms with van der Waals surface area (Å²) in [7, 11) is 0. The van der Waals surface area contributed by atoms with E-state index in [9.17, 15) is 23.9 Å². The van der Waals surface area contributed by atoms with E-state index in [1.165, 1.54) is 17.1 Å². The van der Waals surface area contributed by atoms with Gasteiger partial charge in [-0.25, -0.2) is 9.78 Å². The number of nitrogens with one attached hydrogen (secondary N) is 1. The highest BCUT2D eigenvalue weighted by atomic mass is 32.2. The fourth-order valence-corrected chi connectivity index (χ4v) is 5.61. The van der Waals surface area contributed by atoms with Crippen LogP contribution in [0.25, 0.3) is 0 Å². The molecule has 0 saturated carbocycles. The summed E-state index contributed by atoms with van der Waals surface area (Å²) in [5.74, 6) is -2.38. The van der Waals surface area contributed by atoms with E-state index < -0.39 is 41.6 Å². The molecule has 0 radical (unpaired) electrons. The van der Waals surface area contributed by atoms with Gasteiger partial charge in [0, 0.05) is 21.8 Å². The number of nitrogen functional groups attached to an aromatic ring is 1. The number of aromatic nitrogens is 1. The molecule has 3 heterocycles. The van der Waals surface area contributed by atoms with Crippen LogP contribution in [0.2, 0.25) is 0 Å². The van der Waals surface area contributed by atoms with E-state index in [2.05, 4.69) is 15.5 Å². The zero-order chi connectivity index (χ0) is 20.4. The van der Waals surface area contributed by atoms with Crippen molar-refractivity contribution >= 4 is 63.5 Å². The van der Waals surface area contributed by atoms with Gasteiger partial charge in [0.1, 0.15) is 22.8 Å². The fraction of sp³-hybridized carbons (Fsp3) is 0.357. The Bertz CT molecular complexity index is 888. The Morgan fingerprint density at radius 1 is 1.54 bits per heavy atom. The lowest BCUT2D eigenvalue weighted by molar-refractivity contribution is -0.150. The van der Waals surface area contributed by atoms with Gasteiger partial charge in [-0.3, -0.25) is 18.9 Å². The molecule has 14 heteroatoms. The van der Waals surface area contributed by atoms with E-state index in [0.29, 0.717) is 4.91 Å². The number of halogens is 1. The first kappa shape index (κ1) is 20.4. The van der Waals surface area contributed by atoms with Crippen LogP contribution in [-0.4, -0.2) is 73.3 Å². The first-order chi connectivity index (χ1) is 13.4. The topological polar surface area (TPSA) is 158 Å². The summed E-state index contributed by atoms with van der Waals surface area (Å²) in [5.41, 5.74) is 4.95. The molecule has 2 aliphatic heterocycles. The standard InChI is InChI=1S/C14H14FN5O5S3/c15-1-2-26-6-4-27-12-8(11(22)20(12)9(6)13(23)24)18-10(21)7(19-25)5-3-28-14(16)17-5/h3,8,12,25H,1-2,4H2,(H2,16,17)(H,18,21)(H,23,24)/b19-7-/t8-,12-/m1/s1. The zero-order valence-electron chi connectivity index (χ0n) is 14.0. The van der Waals surface area contributed by atoms with Crippen LogP contribution >= 0.6 is 34.9 Å². The second-order valence-electron chi connectivity index (χ2n) is 5.49. The minimum absolute atomic E-state index is 0.0541. The number of carboxylic acids is 1. The van der Waals surface area contributed by atoms with Crippen molar-refractivity contribution in [2.24, 2.45) is 5.16 Å². The Morgan fingerprint density at radius 3 is 2.86 bits per heavy atom. The number of thioether (sulfide) groups is 2. The lowest BCUT2D eigenvalue weighted by Gasteiger charge is -2.49. The maximum atomic E-state index is 12.5. The SMILES string of the molecule is Nc1nc(/C(=N/O)C(=O)N[C@@H]2C(=O)N3C(C(=O)O)=C(SCCF)CS[C@H]23)cs1. The minimum atomic E-state index is -1.29. The van der Waals surface area contributed by atoms with Gasteiger partial charge < -0.3 is 21.4 Å². The second-order valence-corrected chi connectivity index (χ2v) is 8.68.